The summed E-state index contributed by atoms with van der Waals surface area (Å²) in [5, 5.41) is 0.166. The van der Waals surface area contributed by atoms with Crippen LogP contribution in [-0.4, -0.2) is 64.2 Å². The van der Waals surface area contributed by atoms with E-state index in [4.69, 9.17) is 9.47 Å². The summed E-state index contributed by atoms with van der Waals surface area (Å²) in [4.78, 5) is 34.3. The number of anilines is 1. The number of piperazine rings is 1. The molecule has 1 aromatic heterocycles. The molecule has 0 spiro atoms. The van der Waals surface area contributed by atoms with Gasteiger partial charge in [0, 0.05) is 47.8 Å². The normalized spacial score (nSPS) is 17.1. The molecule has 0 unspecified atom stereocenters. The van der Waals surface area contributed by atoms with E-state index in [2.05, 4.69) is 4.98 Å². The Bertz CT molecular complexity index is 1830. The maximum absolute atomic E-state index is 14.9. The number of rotatable bonds is 5. The third kappa shape index (κ3) is 7.10. The molecular weight excluding hydrogens is 636 g/mol. The zero-order valence-corrected chi connectivity index (χ0v) is 27.0. The topological polar surface area (TPSA) is 76.9 Å². The molecule has 3 heterocycles. The van der Waals surface area contributed by atoms with E-state index in [9.17, 15) is 27.2 Å². The zero-order chi connectivity index (χ0) is 33.5. The molecule has 4 aromatic rings. The highest BCUT2D eigenvalue weighted by molar-refractivity contribution is 7.99. The molecule has 0 aliphatic carbocycles. The van der Waals surface area contributed by atoms with Crippen molar-refractivity contribution < 1.29 is 31.8 Å². The highest BCUT2D eigenvalue weighted by Crippen LogP contribution is 2.48. The average molecular weight is 671 g/mol. The molecule has 2 aliphatic rings. The van der Waals surface area contributed by atoms with Crippen LogP contribution in [0, 0.1) is 5.82 Å². The van der Waals surface area contributed by atoms with Crippen molar-refractivity contribution in [3.63, 3.8) is 0 Å². The Morgan fingerprint density at radius 1 is 1.00 bits per heavy atom. The Morgan fingerprint density at radius 2 is 1.68 bits per heavy atom. The van der Waals surface area contributed by atoms with Crippen molar-refractivity contribution in [3.05, 3.63) is 88.1 Å². The van der Waals surface area contributed by atoms with Gasteiger partial charge in [-0.1, -0.05) is 42.5 Å². The van der Waals surface area contributed by atoms with Gasteiger partial charge in [0.05, 0.1) is 30.3 Å². The first-order valence-electron chi connectivity index (χ1n) is 15.2. The van der Waals surface area contributed by atoms with E-state index in [1.165, 1.54) is 33.4 Å². The fraction of sp³-hybridized carbons (Fsp3) is 0.382. The van der Waals surface area contributed by atoms with Crippen molar-refractivity contribution >= 4 is 34.6 Å². The summed E-state index contributed by atoms with van der Waals surface area (Å²) < 4.78 is 71.8. The van der Waals surface area contributed by atoms with Crippen molar-refractivity contribution in [2.24, 2.45) is 0 Å². The molecule has 1 saturated heterocycles. The van der Waals surface area contributed by atoms with E-state index in [0.29, 0.717) is 5.52 Å². The Labute approximate surface area is 273 Å². The summed E-state index contributed by atoms with van der Waals surface area (Å²) >= 11 is 1.18. The number of carbonyl (C=O) groups excluding carboxylic acids is 1. The predicted octanol–water partition coefficient (Wildman–Crippen LogP) is 6.97. The lowest BCUT2D eigenvalue weighted by Crippen LogP contribution is -2.50. The summed E-state index contributed by atoms with van der Waals surface area (Å²) in [5.41, 5.74) is -0.934. The number of alkyl halides is 3. The Hall–Kier alpha value is -4.10. The minimum atomic E-state index is -4.78. The monoisotopic (exact) mass is 670 g/mol. The molecule has 8 nitrogen and oxygen atoms in total. The van der Waals surface area contributed by atoms with Crippen LogP contribution in [0.1, 0.15) is 31.9 Å². The number of aromatic nitrogens is 2. The summed E-state index contributed by atoms with van der Waals surface area (Å²) in [5.74, 6) is -0.195. The van der Waals surface area contributed by atoms with Gasteiger partial charge in [-0.05, 0) is 50.1 Å². The Kier molecular flexibility index (Phi) is 8.96. The van der Waals surface area contributed by atoms with Crippen LogP contribution in [0.2, 0.25) is 0 Å². The van der Waals surface area contributed by atoms with Crippen LogP contribution in [0.3, 0.4) is 0 Å². The molecule has 1 atom stereocenters. The number of hydrogen-bond acceptors (Lipinski definition) is 7. The number of nitrogens with zero attached hydrogens (tertiary/aromatic N) is 4. The first-order chi connectivity index (χ1) is 22.3. The maximum atomic E-state index is 14.9. The van der Waals surface area contributed by atoms with Gasteiger partial charge in [0.2, 0.25) is 0 Å². The third-order valence-electron chi connectivity index (χ3n) is 8.00. The molecule has 1 amide bonds. The molecule has 0 saturated carbocycles. The van der Waals surface area contributed by atoms with E-state index < -0.39 is 41.0 Å². The number of hydrogen-bond donors (Lipinski definition) is 0. The molecule has 0 bridgehead atoms. The largest absolute Gasteiger partial charge is 0.444 e. The number of benzene rings is 3. The van der Waals surface area contributed by atoms with Gasteiger partial charge in [0.15, 0.2) is 0 Å². The first kappa shape index (κ1) is 32.8. The molecule has 6 rings (SSSR count). The standard InChI is InChI=1S/C34H34F4N4O4S/c1-33(2,3)46-32(44)41-15-13-40(14-16-41)30-25-17-26(34(36,37)38)27(22-9-11-23(35)12-10-22)29-28(25)42(31(43)39-30)18-24(20-47-29)45-19-21-7-5-4-6-8-21/h4-12,17,24H,13-16,18-20H2,1-3H3/t24-/m1/s1. The van der Waals surface area contributed by atoms with Gasteiger partial charge < -0.3 is 19.3 Å². The molecular formula is C34H34F4N4O4S. The number of ether oxygens (including phenoxy) is 2. The quantitative estimate of drug-likeness (QED) is 0.212. The fourth-order valence-corrected chi connectivity index (χ4v) is 7.10. The van der Waals surface area contributed by atoms with E-state index in [-0.39, 0.29) is 72.3 Å². The van der Waals surface area contributed by atoms with Gasteiger partial charge in [0.1, 0.15) is 17.2 Å². The van der Waals surface area contributed by atoms with Crippen LogP contribution in [0.5, 0.6) is 0 Å². The van der Waals surface area contributed by atoms with Gasteiger partial charge in [-0.2, -0.15) is 18.2 Å². The fourth-order valence-electron chi connectivity index (χ4n) is 5.82. The predicted molar refractivity (Wildman–Crippen MR) is 172 cm³/mol. The van der Waals surface area contributed by atoms with Gasteiger partial charge in [-0.3, -0.25) is 4.57 Å². The van der Waals surface area contributed by atoms with E-state index >= 15 is 0 Å². The Balaban J connectivity index is 1.46. The number of carbonyl (C=O) groups is 1. The second-order valence-corrected chi connectivity index (χ2v) is 13.6. The lowest BCUT2D eigenvalue weighted by molar-refractivity contribution is -0.137. The van der Waals surface area contributed by atoms with Gasteiger partial charge in [-0.15, -0.1) is 11.8 Å². The van der Waals surface area contributed by atoms with Crippen LogP contribution >= 0.6 is 11.8 Å². The summed E-state index contributed by atoms with van der Waals surface area (Å²) in [7, 11) is 0. The average Bonchev–Trinajstić information content (AvgIpc) is 3.22. The smallest absolute Gasteiger partial charge is 0.417 e. The van der Waals surface area contributed by atoms with E-state index in [1.807, 2.05) is 30.3 Å². The molecule has 0 radical (unpaired) electrons. The van der Waals surface area contributed by atoms with Crippen molar-refractivity contribution in [1.29, 1.82) is 0 Å². The molecule has 0 N–H and O–H groups in total. The van der Waals surface area contributed by atoms with Crippen LogP contribution in [0.15, 0.2) is 70.4 Å². The van der Waals surface area contributed by atoms with Crippen molar-refractivity contribution in [1.82, 2.24) is 14.5 Å². The first-order valence-corrected chi connectivity index (χ1v) is 16.2. The molecule has 13 heteroatoms. The number of halogens is 4. The number of amides is 1. The lowest BCUT2D eigenvalue weighted by atomic mass is 9.96. The van der Waals surface area contributed by atoms with Gasteiger partial charge in [0.25, 0.3) is 0 Å². The summed E-state index contributed by atoms with van der Waals surface area (Å²) in [6.45, 7) is 6.57. The second kappa shape index (κ2) is 12.8. The van der Waals surface area contributed by atoms with Crippen molar-refractivity contribution in [2.45, 2.75) is 56.7 Å². The van der Waals surface area contributed by atoms with Crippen LogP contribution in [0.25, 0.3) is 22.0 Å². The SMILES string of the molecule is CC(C)(C)OC(=O)N1CCN(c2nc(=O)n3c4c(c(-c5ccc(F)cc5)c(C(F)(F)F)cc24)SC[C@H](OCc2ccccc2)C3)CC1. The van der Waals surface area contributed by atoms with E-state index in [1.54, 1.807) is 25.7 Å². The maximum Gasteiger partial charge on any atom is 0.417 e. The summed E-state index contributed by atoms with van der Waals surface area (Å²) in [6, 6.07) is 15.4. The third-order valence-corrected chi connectivity index (χ3v) is 9.22. The lowest BCUT2D eigenvalue weighted by Gasteiger charge is -2.36. The molecule has 248 valence electrons. The van der Waals surface area contributed by atoms with E-state index in [0.717, 1.165) is 23.8 Å². The second-order valence-electron chi connectivity index (χ2n) is 12.5. The van der Waals surface area contributed by atoms with Crippen molar-refractivity contribution in [3.8, 4) is 11.1 Å². The van der Waals surface area contributed by atoms with Gasteiger partial charge >= 0.3 is 18.0 Å². The molecule has 1 fully saturated rings. The highest BCUT2D eigenvalue weighted by atomic mass is 32.2. The van der Waals surface area contributed by atoms with Crippen molar-refractivity contribution in [2.75, 3.05) is 36.8 Å². The van der Waals surface area contributed by atoms with Gasteiger partial charge in [-0.25, -0.2) is 14.0 Å². The minimum absolute atomic E-state index is 0.0795. The Morgan fingerprint density at radius 3 is 2.32 bits per heavy atom. The molecule has 3 aromatic carbocycles. The molecule has 47 heavy (non-hydrogen) atoms. The molecule has 2 aliphatic heterocycles. The van der Waals surface area contributed by atoms with Crippen LogP contribution < -0.4 is 10.6 Å². The van der Waals surface area contributed by atoms with Crippen LogP contribution in [-0.2, 0) is 28.8 Å². The van der Waals surface area contributed by atoms with Crippen LogP contribution in [0.4, 0.5) is 28.2 Å². The summed E-state index contributed by atoms with van der Waals surface area (Å²) in [6.07, 6.45) is -5.79. The minimum Gasteiger partial charge on any atom is -0.444 e. The zero-order valence-electron chi connectivity index (χ0n) is 26.1. The number of thioether (sulfide) groups is 1. The highest BCUT2D eigenvalue weighted by Gasteiger charge is 2.39.